The highest BCUT2D eigenvalue weighted by Gasteiger charge is 2.03. The molecule has 9 heavy (non-hydrogen) atoms. The van der Waals surface area contributed by atoms with Crippen LogP contribution in [0.15, 0.2) is 23.8 Å². The summed E-state index contributed by atoms with van der Waals surface area (Å²) < 4.78 is 0. The maximum absolute atomic E-state index is 10.5. The van der Waals surface area contributed by atoms with Crippen molar-refractivity contribution in [3.8, 4) is 0 Å². The van der Waals surface area contributed by atoms with Crippen LogP contribution in [0.4, 0.5) is 0 Å². The Morgan fingerprint density at radius 1 is 1.56 bits per heavy atom. The SMILES string of the molecule is O=CC1=CC=CC(=O)C1. The Hall–Kier alpha value is -1.18. The lowest BCUT2D eigenvalue weighted by molar-refractivity contribution is -0.115. The van der Waals surface area contributed by atoms with E-state index in [2.05, 4.69) is 0 Å². The number of ketones is 1. The summed E-state index contributed by atoms with van der Waals surface area (Å²) in [6.45, 7) is 0. The molecule has 0 N–H and O–H groups in total. The van der Waals surface area contributed by atoms with Crippen LogP contribution in [0.2, 0.25) is 0 Å². The van der Waals surface area contributed by atoms with Crippen molar-refractivity contribution < 1.29 is 9.59 Å². The molecule has 1 rings (SSSR count). The zero-order valence-corrected chi connectivity index (χ0v) is 4.83. The van der Waals surface area contributed by atoms with Gasteiger partial charge in [0.05, 0.1) is 0 Å². The molecule has 0 spiro atoms. The summed E-state index contributed by atoms with van der Waals surface area (Å²) in [7, 11) is 0. The molecule has 0 aliphatic heterocycles. The number of aldehydes is 1. The Labute approximate surface area is 52.9 Å². The van der Waals surface area contributed by atoms with E-state index in [0.29, 0.717) is 11.9 Å². The topological polar surface area (TPSA) is 34.1 Å². The minimum atomic E-state index is -0.000370. The van der Waals surface area contributed by atoms with E-state index in [1.54, 1.807) is 12.2 Å². The van der Waals surface area contributed by atoms with Crippen molar-refractivity contribution in [2.45, 2.75) is 6.42 Å². The summed E-state index contributed by atoms with van der Waals surface area (Å²) in [6, 6.07) is 0. The van der Waals surface area contributed by atoms with Gasteiger partial charge in [0.2, 0.25) is 0 Å². The molecule has 0 aromatic carbocycles. The number of allylic oxidation sites excluding steroid dienone is 4. The minimum Gasteiger partial charge on any atom is -0.298 e. The fourth-order valence-electron chi connectivity index (χ4n) is 0.679. The maximum Gasteiger partial charge on any atom is 0.160 e. The first-order valence-corrected chi connectivity index (χ1v) is 2.68. The lowest BCUT2D eigenvalue weighted by Crippen LogP contribution is -1.99. The monoisotopic (exact) mass is 122 g/mol. The minimum absolute atomic E-state index is 0.000370. The fraction of sp³-hybridized carbons (Fsp3) is 0.143. The summed E-state index contributed by atoms with van der Waals surface area (Å²) in [5, 5.41) is 0. The van der Waals surface area contributed by atoms with E-state index in [1.165, 1.54) is 6.08 Å². The van der Waals surface area contributed by atoms with E-state index in [-0.39, 0.29) is 12.2 Å². The van der Waals surface area contributed by atoms with Gasteiger partial charge in [-0.15, -0.1) is 0 Å². The lowest BCUT2D eigenvalue weighted by atomic mass is 10.1. The van der Waals surface area contributed by atoms with Crippen LogP contribution in [0, 0.1) is 0 Å². The van der Waals surface area contributed by atoms with Crippen LogP contribution in [0.5, 0.6) is 0 Å². The average Bonchev–Trinajstić information content (AvgIpc) is 1.88. The lowest BCUT2D eigenvalue weighted by Gasteiger charge is -1.97. The van der Waals surface area contributed by atoms with Gasteiger partial charge in [0.25, 0.3) is 0 Å². The largest absolute Gasteiger partial charge is 0.298 e. The Kier molecular flexibility index (Phi) is 1.58. The molecule has 1 aliphatic rings. The van der Waals surface area contributed by atoms with Crippen molar-refractivity contribution in [3.63, 3.8) is 0 Å². The summed E-state index contributed by atoms with van der Waals surface area (Å²) >= 11 is 0. The van der Waals surface area contributed by atoms with Crippen LogP contribution in [0.3, 0.4) is 0 Å². The Morgan fingerprint density at radius 2 is 2.33 bits per heavy atom. The standard InChI is InChI=1S/C7H6O2/c8-5-6-2-1-3-7(9)4-6/h1-3,5H,4H2. The predicted molar refractivity (Wildman–Crippen MR) is 32.9 cm³/mol. The predicted octanol–water partition coefficient (Wildman–Crippen LogP) is 0.641. The van der Waals surface area contributed by atoms with Gasteiger partial charge in [-0.05, 0) is 11.6 Å². The molecule has 0 aromatic heterocycles. The first-order chi connectivity index (χ1) is 4.33. The summed E-state index contributed by atoms with van der Waals surface area (Å²) in [5.74, 6) is -0.000370. The Bertz CT molecular complexity index is 199. The van der Waals surface area contributed by atoms with Gasteiger partial charge in [-0.3, -0.25) is 9.59 Å². The normalized spacial score (nSPS) is 17.3. The second-order valence-corrected chi connectivity index (χ2v) is 1.86. The summed E-state index contributed by atoms with van der Waals surface area (Å²) in [6.07, 6.45) is 5.68. The zero-order chi connectivity index (χ0) is 6.69. The van der Waals surface area contributed by atoms with E-state index < -0.39 is 0 Å². The highest BCUT2D eigenvalue weighted by molar-refractivity contribution is 5.97. The van der Waals surface area contributed by atoms with Crippen molar-refractivity contribution in [2.24, 2.45) is 0 Å². The first kappa shape index (κ1) is 5.95. The molecule has 0 saturated heterocycles. The number of carbonyl (C=O) groups excluding carboxylic acids is 2. The molecule has 2 nitrogen and oxygen atoms in total. The molecule has 46 valence electrons. The van der Waals surface area contributed by atoms with Crippen LogP contribution in [0.1, 0.15) is 6.42 Å². The van der Waals surface area contributed by atoms with E-state index in [9.17, 15) is 9.59 Å². The van der Waals surface area contributed by atoms with Crippen LogP contribution < -0.4 is 0 Å². The molecule has 0 unspecified atom stereocenters. The molecule has 0 radical (unpaired) electrons. The van der Waals surface area contributed by atoms with Crippen LogP contribution >= 0.6 is 0 Å². The number of rotatable bonds is 1. The maximum atomic E-state index is 10.5. The van der Waals surface area contributed by atoms with Gasteiger partial charge in [-0.1, -0.05) is 12.2 Å². The molecular formula is C7H6O2. The van der Waals surface area contributed by atoms with Crippen LogP contribution in [0.25, 0.3) is 0 Å². The third kappa shape index (κ3) is 1.35. The first-order valence-electron chi connectivity index (χ1n) is 2.68. The second kappa shape index (κ2) is 2.40. The molecule has 0 saturated carbocycles. The van der Waals surface area contributed by atoms with Crippen molar-refractivity contribution in [2.75, 3.05) is 0 Å². The Balaban J connectivity index is 2.76. The van der Waals surface area contributed by atoms with E-state index >= 15 is 0 Å². The number of hydrogen-bond donors (Lipinski definition) is 0. The van der Waals surface area contributed by atoms with E-state index in [0.717, 1.165) is 0 Å². The van der Waals surface area contributed by atoms with Crippen molar-refractivity contribution in [1.82, 2.24) is 0 Å². The fourth-order valence-corrected chi connectivity index (χ4v) is 0.679. The summed E-state index contributed by atoms with van der Waals surface area (Å²) in [5.41, 5.74) is 0.558. The Morgan fingerprint density at radius 3 is 2.78 bits per heavy atom. The van der Waals surface area contributed by atoms with Crippen molar-refractivity contribution in [1.29, 1.82) is 0 Å². The molecule has 0 amide bonds. The molecule has 0 aromatic rings. The number of hydrogen-bond acceptors (Lipinski definition) is 2. The van der Waals surface area contributed by atoms with Gasteiger partial charge in [0.1, 0.15) is 6.29 Å². The smallest absolute Gasteiger partial charge is 0.160 e. The molecule has 0 heterocycles. The highest BCUT2D eigenvalue weighted by atomic mass is 16.1. The van der Waals surface area contributed by atoms with Gasteiger partial charge < -0.3 is 0 Å². The van der Waals surface area contributed by atoms with Crippen LogP contribution in [-0.2, 0) is 9.59 Å². The van der Waals surface area contributed by atoms with Gasteiger partial charge in [0, 0.05) is 6.42 Å². The van der Waals surface area contributed by atoms with Gasteiger partial charge in [0.15, 0.2) is 5.78 Å². The summed E-state index contributed by atoms with van der Waals surface area (Å²) in [4.78, 5) is 20.6. The highest BCUT2D eigenvalue weighted by Crippen LogP contribution is 2.04. The molecule has 0 fully saturated rings. The third-order valence-corrected chi connectivity index (χ3v) is 1.12. The van der Waals surface area contributed by atoms with E-state index in [4.69, 9.17) is 0 Å². The van der Waals surface area contributed by atoms with Gasteiger partial charge >= 0.3 is 0 Å². The van der Waals surface area contributed by atoms with Crippen molar-refractivity contribution in [3.05, 3.63) is 23.8 Å². The van der Waals surface area contributed by atoms with Crippen molar-refractivity contribution >= 4 is 12.1 Å². The molecule has 2 heteroatoms. The number of carbonyl (C=O) groups is 2. The molecule has 0 atom stereocenters. The van der Waals surface area contributed by atoms with Crippen LogP contribution in [-0.4, -0.2) is 12.1 Å². The van der Waals surface area contributed by atoms with Gasteiger partial charge in [-0.2, -0.15) is 0 Å². The van der Waals surface area contributed by atoms with Gasteiger partial charge in [-0.25, -0.2) is 0 Å². The third-order valence-electron chi connectivity index (χ3n) is 1.12. The average molecular weight is 122 g/mol. The van der Waals surface area contributed by atoms with E-state index in [1.807, 2.05) is 0 Å². The molecule has 0 bridgehead atoms. The second-order valence-electron chi connectivity index (χ2n) is 1.86. The molecule has 1 aliphatic carbocycles. The molecular weight excluding hydrogens is 116 g/mol. The zero-order valence-electron chi connectivity index (χ0n) is 4.83. The quantitative estimate of drug-likeness (QED) is 0.478.